The molecule has 24 heteroatoms. The molecule has 5 aromatic rings. The third-order valence-corrected chi connectivity index (χ3v) is 19.9. The van der Waals surface area contributed by atoms with E-state index < -0.39 is 133 Å². The van der Waals surface area contributed by atoms with E-state index in [1.807, 2.05) is 16.9 Å². The van der Waals surface area contributed by atoms with Gasteiger partial charge in [0.05, 0.1) is 16.1 Å². The number of nitrogens with one attached hydrogen (secondary N) is 3. The molecule has 0 radical (unpaired) electrons. The number of imide groups is 1. The summed E-state index contributed by atoms with van der Waals surface area (Å²) in [6, 6.07) is 23.5. The van der Waals surface area contributed by atoms with E-state index in [2.05, 4.69) is 46.4 Å². The van der Waals surface area contributed by atoms with Crippen LogP contribution in [-0.4, -0.2) is 149 Å². The zero-order chi connectivity index (χ0) is 67.6. The summed E-state index contributed by atoms with van der Waals surface area (Å²) in [6.45, 7) is -8.10. The van der Waals surface area contributed by atoms with E-state index >= 15 is 4.39 Å². The highest BCUT2D eigenvalue weighted by Gasteiger charge is 2.49. The molecule has 85 heavy (non-hydrogen) atoms. The summed E-state index contributed by atoms with van der Waals surface area (Å²) < 4.78 is 189. The van der Waals surface area contributed by atoms with Crippen LogP contribution >= 0.6 is 23.4 Å². The summed E-state index contributed by atoms with van der Waals surface area (Å²) in [5.41, 5.74) is -2.88. The average Bonchev–Trinajstić information content (AvgIpc) is 0.884. The molecule has 16 nitrogen and oxygen atoms in total. The molecule has 452 valence electrons. The third kappa shape index (κ3) is 14.6. The largest absolute Gasteiger partial charge is 0.501 e. The number of fused-ring (bicyclic) bond motifs is 1. The number of alkyl halides is 3. The number of piperidine rings is 1. The quantitative estimate of drug-likeness (QED) is 0.0403. The third-order valence-electron chi connectivity index (χ3n) is 15.6. The van der Waals surface area contributed by atoms with E-state index in [1.165, 1.54) is 29.3 Å². The maximum atomic E-state index is 15.9. The second-order valence-corrected chi connectivity index (χ2v) is 27.4. The van der Waals surface area contributed by atoms with Crippen LogP contribution in [0.2, 0.25) is 5.02 Å². The van der Waals surface area contributed by atoms with Crippen LogP contribution in [-0.2, 0) is 42.5 Å². The monoisotopic (exact) mass is 1250 g/mol. The van der Waals surface area contributed by atoms with Crippen molar-refractivity contribution in [3.05, 3.63) is 153 Å². The standard InChI is InChI=1S/C61H67ClF4N8O8S3/c1-60(2)22-20-50(41-8-12-45(62)13-9-41)44(35-60)37-72-28-30-73(31-29-72)47-14-10-42(11-15-47)57(76)69-85(81,82)49-16-17-52(54(34-49)84(79,80)61(64,65)66)67-46(39-83-48-6-4-3-5-7-48)21-23-70-24-26-71(27-25-70)36-40-32-43-38-74(59(78)56(43)51(63)33-40)53-18-19-55(75)68-58(53)77/h3-17,32-34,46,53,67H,18-31,35-39H2,1-2H3,(H,69,76)(H,68,75,77)/t46-,53?/m1/s1/i24D2,25D2,26D2,27D2. The van der Waals surface area contributed by atoms with Crippen LogP contribution in [0.15, 0.2) is 129 Å². The number of halogens is 5. The molecule has 3 fully saturated rings. The number of hydrogen-bond donors (Lipinski definition) is 3. The van der Waals surface area contributed by atoms with Gasteiger partial charge in [-0.25, -0.2) is 25.9 Å². The lowest BCUT2D eigenvalue weighted by Gasteiger charge is -2.39. The van der Waals surface area contributed by atoms with Crippen LogP contribution in [0.1, 0.15) is 101 Å². The van der Waals surface area contributed by atoms with Crippen LogP contribution in [0, 0.1) is 11.2 Å². The van der Waals surface area contributed by atoms with Crippen LogP contribution < -0.4 is 20.3 Å². The second kappa shape index (κ2) is 25.5. The molecule has 5 aliphatic rings. The van der Waals surface area contributed by atoms with Gasteiger partial charge >= 0.3 is 5.51 Å². The van der Waals surface area contributed by atoms with Gasteiger partial charge in [-0.15, -0.1) is 11.8 Å². The number of sulfone groups is 1. The van der Waals surface area contributed by atoms with Crippen LogP contribution in [0.3, 0.4) is 0 Å². The molecule has 0 bridgehead atoms. The lowest BCUT2D eigenvalue weighted by atomic mass is 9.73. The Morgan fingerprint density at radius 2 is 1.54 bits per heavy atom. The Hall–Kier alpha value is -6.34. The number of allylic oxidation sites excluding steroid dienone is 1. The zero-order valence-electron chi connectivity index (χ0n) is 54.3. The fourth-order valence-electron chi connectivity index (χ4n) is 11.1. The number of carbonyl (C=O) groups is 4. The first-order valence-electron chi connectivity index (χ1n) is 31.4. The van der Waals surface area contributed by atoms with Crippen molar-refractivity contribution in [2.45, 2.75) is 97.7 Å². The molecular formula is C61H67ClF4N8O8S3. The summed E-state index contributed by atoms with van der Waals surface area (Å²) in [7, 11) is -11.6. The topological polar surface area (TPSA) is 189 Å². The Balaban J connectivity index is 0.844. The number of amides is 4. The summed E-state index contributed by atoms with van der Waals surface area (Å²) in [5, 5.41) is 5.47. The number of benzene rings is 5. The highest BCUT2D eigenvalue weighted by molar-refractivity contribution is 7.99. The number of thioether (sulfide) groups is 1. The van der Waals surface area contributed by atoms with E-state index in [1.54, 1.807) is 42.5 Å². The Morgan fingerprint density at radius 3 is 2.22 bits per heavy atom. The van der Waals surface area contributed by atoms with Crippen molar-refractivity contribution in [2.24, 2.45) is 5.41 Å². The van der Waals surface area contributed by atoms with Gasteiger partial charge in [-0.2, -0.15) is 13.2 Å². The number of piperazine rings is 2. The maximum Gasteiger partial charge on any atom is 0.501 e. The number of sulfonamides is 1. The number of nitrogens with zero attached hydrogens (tertiary/aromatic N) is 5. The van der Waals surface area contributed by atoms with Crippen molar-refractivity contribution in [2.75, 3.05) is 81.2 Å². The second-order valence-electron chi connectivity index (χ2n) is 22.2. The molecule has 4 heterocycles. The van der Waals surface area contributed by atoms with Gasteiger partial charge in [0.1, 0.15) is 16.8 Å². The molecule has 4 amide bonds. The first kappa shape index (κ1) is 51.8. The minimum atomic E-state index is -6.45. The SMILES string of the molecule is [2H]C1([2H])N(CC[C@H](CSc2ccccc2)Nc2ccc(S(=O)(=O)NC(=O)c3ccc(N4CCN(CC5=C(c6ccc(Cl)cc6)CCC(C)(C)C5)CC4)cc3)cc2S(=O)(=O)C(F)(F)F)C([2H])([2H])C([2H])([2H])N(Cc2cc(F)c3c(c2)CN(C2CCC(=O)NC2=O)C3=O)C1([2H])[2H]. The molecule has 3 saturated heterocycles. The molecule has 1 aliphatic carbocycles. The molecular weight excluding hydrogens is 1180 g/mol. The lowest BCUT2D eigenvalue weighted by Crippen LogP contribution is -2.52. The van der Waals surface area contributed by atoms with Gasteiger partial charge in [0.25, 0.3) is 31.7 Å². The molecule has 3 N–H and O–H groups in total. The molecule has 5 aromatic carbocycles. The predicted octanol–water partition coefficient (Wildman–Crippen LogP) is 9.22. The summed E-state index contributed by atoms with van der Waals surface area (Å²) in [6.07, 6.45) is 2.26. The molecule has 0 spiro atoms. The number of carbonyl (C=O) groups excluding carboxylic acids is 4. The van der Waals surface area contributed by atoms with E-state index in [-0.39, 0.29) is 63.1 Å². The average molecular weight is 1260 g/mol. The molecule has 10 rings (SSSR count). The summed E-state index contributed by atoms with van der Waals surface area (Å²) >= 11 is 7.26. The smallest absolute Gasteiger partial charge is 0.380 e. The fraction of sp³-hybridized carbons (Fsp3) is 0.410. The maximum absolute atomic E-state index is 15.9. The summed E-state index contributed by atoms with van der Waals surface area (Å²) in [5.74, 6) is -4.77. The van der Waals surface area contributed by atoms with Crippen molar-refractivity contribution in [3.63, 3.8) is 0 Å². The van der Waals surface area contributed by atoms with E-state index in [9.17, 15) is 49.2 Å². The highest BCUT2D eigenvalue weighted by atomic mass is 35.5. The molecule has 4 aliphatic heterocycles. The number of hydrogen-bond acceptors (Lipinski definition) is 14. The molecule has 2 atom stereocenters. The van der Waals surface area contributed by atoms with Crippen LogP contribution in [0.5, 0.6) is 0 Å². The van der Waals surface area contributed by atoms with Crippen molar-refractivity contribution < 1.29 is 64.5 Å². The molecule has 1 unspecified atom stereocenters. The zero-order valence-corrected chi connectivity index (χ0v) is 49.5. The highest BCUT2D eigenvalue weighted by Crippen LogP contribution is 2.43. The Morgan fingerprint density at radius 1 is 0.847 bits per heavy atom. The Labute approximate surface area is 513 Å². The van der Waals surface area contributed by atoms with Crippen molar-refractivity contribution in [1.29, 1.82) is 0 Å². The normalized spacial score (nSPS) is 23.4. The van der Waals surface area contributed by atoms with Gasteiger partial charge in [-0.05, 0) is 133 Å². The van der Waals surface area contributed by atoms with Gasteiger partial charge in [0.2, 0.25) is 11.8 Å². The molecule has 0 saturated carbocycles. The van der Waals surface area contributed by atoms with Crippen LogP contribution in [0.4, 0.5) is 28.9 Å². The Bertz CT molecular complexity index is 3980. The minimum Gasteiger partial charge on any atom is -0.380 e. The fourth-order valence-corrected chi connectivity index (χ4v) is 14.2. The van der Waals surface area contributed by atoms with Crippen molar-refractivity contribution >= 4 is 83.8 Å². The van der Waals surface area contributed by atoms with Gasteiger partial charge in [0, 0.05) is 129 Å². The van der Waals surface area contributed by atoms with Gasteiger partial charge in [-0.1, -0.05) is 67.4 Å². The lowest BCUT2D eigenvalue weighted by molar-refractivity contribution is -0.136. The van der Waals surface area contributed by atoms with Crippen molar-refractivity contribution in [1.82, 2.24) is 29.6 Å². The minimum absolute atomic E-state index is 0.00221. The van der Waals surface area contributed by atoms with Crippen molar-refractivity contribution in [3.8, 4) is 0 Å². The van der Waals surface area contributed by atoms with Gasteiger partial charge < -0.3 is 20.0 Å². The summed E-state index contributed by atoms with van der Waals surface area (Å²) in [4.78, 5) is 55.4. The van der Waals surface area contributed by atoms with E-state index in [0.717, 1.165) is 85.0 Å². The van der Waals surface area contributed by atoms with Gasteiger partial charge in [0.15, 0.2) is 0 Å². The van der Waals surface area contributed by atoms with E-state index in [4.69, 9.17) is 22.6 Å². The van der Waals surface area contributed by atoms with Crippen LogP contribution in [0.25, 0.3) is 5.57 Å². The Kier molecular flexibility index (Phi) is 15.6. The first-order chi connectivity index (χ1) is 43.4. The first-order valence-corrected chi connectivity index (χ1v) is 31.8. The number of anilines is 2. The van der Waals surface area contributed by atoms with Gasteiger partial charge in [-0.3, -0.25) is 34.3 Å². The molecule has 0 aromatic heterocycles. The van der Waals surface area contributed by atoms with E-state index in [0.29, 0.717) is 23.0 Å². The predicted molar refractivity (Wildman–Crippen MR) is 319 cm³/mol. The number of rotatable bonds is 19.